The van der Waals surface area contributed by atoms with Gasteiger partial charge in [-0.3, -0.25) is 4.79 Å². The van der Waals surface area contributed by atoms with Crippen LogP contribution in [0.4, 0.5) is 0 Å². The lowest BCUT2D eigenvalue weighted by Gasteiger charge is -2.31. The van der Waals surface area contributed by atoms with Crippen LogP contribution in [0.15, 0.2) is 5.28 Å². The van der Waals surface area contributed by atoms with Gasteiger partial charge in [-0.05, 0) is 23.7 Å². The third kappa shape index (κ3) is 5.93. The highest BCUT2D eigenvalue weighted by molar-refractivity contribution is 7.98. The van der Waals surface area contributed by atoms with Crippen LogP contribution in [0.5, 0.6) is 0 Å². The van der Waals surface area contributed by atoms with Crippen molar-refractivity contribution in [1.82, 2.24) is 15.4 Å². The highest BCUT2D eigenvalue weighted by Gasteiger charge is 2.27. The Hall–Kier alpha value is -1.75. The second-order valence-corrected chi connectivity index (χ2v) is 5.65. The molecule has 1 rings (SSSR count). The Morgan fingerprint density at radius 3 is 2.55 bits per heavy atom. The molecule has 1 aliphatic rings. The number of thioether (sulfide) groups is 1. The van der Waals surface area contributed by atoms with Crippen molar-refractivity contribution in [2.45, 2.75) is 19.4 Å². The molecule has 1 heterocycles. The van der Waals surface area contributed by atoms with Gasteiger partial charge in [-0.25, -0.2) is 4.79 Å². The fraction of sp³-hybridized carbons (Fsp3) is 0.818. The minimum absolute atomic E-state index is 0.0161. The van der Waals surface area contributed by atoms with Crippen LogP contribution in [-0.4, -0.2) is 71.1 Å². The topological polar surface area (TPSA) is 123 Å². The number of rotatable bonds is 7. The van der Waals surface area contributed by atoms with E-state index in [-0.39, 0.29) is 37.1 Å². The van der Waals surface area contributed by atoms with Crippen molar-refractivity contribution in [2.24, 2.45) is 5.28 Å². The van der Waals surface area contributed by atoms with Gasteiger partial charge in [-0.1, -0.05) is 0 Å². The van der Waals surface area contributed by atoms with Crippen molar-refractivity contribution in [3.8, 4) is 0 Å². The zero-order chi connectivity index (χ0) is 16.5. The minimum atomic E-state index is -0.698. The van der Waals surface area contributed by atoms with Crippen molar-refractivity contribution in [2.75, 3.05) is 38.2 Å². The van der Waals surface area contributed by atoms with Crippen LogP contribution in [0.2, 0.25) is 0 Å². The third-order valence-corrected chi connectivity index (χ3v) is 3.66. The minimum Gasteiger partial charge on any atom is -0.737 e. The number of nitrogens with one attached hydrogen (secondary N) is 1. The lowest BCUT2D eigenvalue weighted by Crippen LogP contribution is -2.51. The SMILES string of the molecule is CSCCC(NC(C)=O)C(=O)ON1CCN(/[N+]([O-])=N/[O-])CC1. The number of hydrazine groups is 1. The number of nitrogens with zero attached hydrogens (tertiary/aromatic N) is 4. The standard InChI is InChI=1S/C11H21N5O5S/c1-9(17)12-10(3-8-22-2)11(18)21-15-6-4-14(5-7-15)16(20)13-19/h10,19H,3-8H2,1-2H3,(H,12,17)/p-1/b16-13-. The van der Waals surface area contributed by atoms with Gasteiger partial charge in [-0.2, -0.15) is 11.8 Å². The van der Waals surface area contributed by atoms with Gasteiger partial charge in [0.25, 0.3) is 0 Å². The van der Waals surface area contributed by atoms with E-state index in [1.807, 2.05) is 6.26 Å². The summed E-state index contributed by atoms with van der Waals surface area (Å²) in [5.74, 6) is -0.124. The van der Waals surface area contributed by atoms with E-state index >= 15 is 0 Å². The Morgan fingerprint density at radius 1 is 1.41 bits per heavy atom. The number of piperazine rings is 1. The molecule has 1 atom stereocenters. The average Bonchev–Trinajstić information content (AvgIpc) is 2.50. The van der Waals surface area contributed by atoms with E-state index in [1.54, 1.807) is 11.8 Å². The molecule has 1 unspecified atom stereocenters. The van der Waals surface area contributed by atoms with Crippen LogP contribution in [-0.2, 0) is 14.4 Å². The van der Waals surface area contributed by atoms with Crippen LogP contribution >= 0.6 is 11.8 Å². The summed E-state index contributed by atoms with van der Waals surface area (Å²) in [7, 11) is 0. The van der Waals surface area contributed by atoms with Crippen molar-refractivity contribution in [1.29, 1.82) is 0 Å². The Balaban J connectivity index is 2.47. The molecular weight excluding hydrogens is 314 g/mol. The van der Waals surface area contributed by atoms with Crippen LogP contribution < -0.4 is 5.32 Å². The molecule has 11 heteroatoms. The predicted octanol–water partition coefficient (Wildman–Crippen LogP) is -0.305. The highest BCUT2D eigenvalue weighted by Crippen LogP contribution is 2.07. The van der Waals surface area contributed by atoms with Gasteiger partial charge in [0.15, 0.2) is 0 Å². The Labute approximate surface area is 132 Å². The summed E-state index contributed by atoms with van der Waals surface area (Å²) in [6, 6.07) is -0.698. The first-order valence-corrected chi connectivity index (χ1v) is 8.15. The fourth-order valence-corrected chi connectivity index (χ4v) is 2.38. The number of carbonyl (C=O) groups is 2. The first kappa shape index (κ1) is 18.3. The van der Waals surface area contributed by atoms with Crippen molar-refractivity contribution < 1.29 is 19.4 Å². The third-order valence-electron chi connectivity index (χ3n) is 3.02. The number of hydroxylamine groups is 2. The largest absolute Gasteiger partial charge is 0.737 e. The summed E-state index contributed by atoms with van der Waals surface area (Å²) in [4.78, 5) is 28.4. The molecule has 1 N–H and O–H groups in total. The van der Waals surface area contributed by atoms with Gasteiger partial charge in [0, 0.05) is 11.9 Å². The van der Waals surface area contributed by atoms with E-state index in [9.17, 15) is 20.0 Å². The zero-order valence-electron chi connectivity index (χ0n) is 12.6. The molecule has 0 aromatic carbocycles. The first-order chi connectivity index (χ1) is 10.5. The number of amides is 1. The molecule has 1 saturated heterocycles. The van der Waals surface area contributed by atoms with Gasteiger partial charge < -0.3 is 20.6 Å². The van der Waals surface area contributed by atoms with Crippen molar-refractivity contribution in [3.05, 3.63) is 10.4 Å². The van der Waals surface area contributed by atoms with Gasteiger partial charge >= 0.3 is 5.97 Å². The number of hydrogen-bond acceptors (Lipinski definition) is 8. The molecule has 0 spiro atoms. The number of carbonyl (C=O) groups excluding carboxylic acids is 2. The summed E-state index contributed by atoms with van der Waals surface area (Å²) in [6.07, 6.45) is 2.38. The van der Waals surface area contributed by atoms with Crippen LogP contribution in [0, 0.1) is 10.4 Å². The highest BCUT2D eigenvalue weighted by atomic mass is 32.2. The van der Waals surface area contributed by atoms with E-state index in [0.29, 0.717) is 12.2 Å². The Bertz CT molecular complexity index is 414. The zero-order valence-corrected chi connectivity index (χ0v) is 13.4. The Morgan fingerprint density at radius 2 is 2.05 bits per heavy atom. The normalized spacial score (nSPS) is 17.9. The second kappa shape index (κ2) is 9.30. The molecule has 10 nitrogen and oxygen atoms in total. The molecule has 22 heavy (non-hydrogen) atoms. The lowest BCUT2D eigenvalue weighted by atomic mass is 10.2. The molecule has 0 radical (unpaired) electrons. The predicted molar refractivity (Wildman–Crippen MR) is 79.3 cm³/mol. The van der Waals surface area contributed by atoms with Gasteiger partial charge in [-0.15, -0.1) is 10.1 Å². The molecule has 1 amide bonds. The molecule has 0 aromatic heterocycles. The molecule has 1 fully saturated rings. The van der Waals surface area contributed by atoms with E-state index in [2.05, 4.69) is 10.6 Å². The summed E-state index contributed by atoms with van der Waals surface area (Å²) in [5.41, 5.74) is 0. The van der Waals surface area contributed by atoms with Crippen LogP contribution in [0.3, 0.4) is 0 Å². The summed E-state index contributed by atoms with van der Waals surface area (Å²) in [6.45, 7) is 2.33. The van der Waals surface area contributed by atoms with Crippen molar-refractivity contribution >= 4 is 23.6 Å². The van der Waals surface area contributed by atoms with Crippen molar-refractivity contribution in [3.63, 3.8) is 0 Å². The number of hydrogen-bond donors (Lipinski definition) is 1. The van der Waals surface area contributed by atoms with Crippen LogP contribution in [0.1, 0.15) is 13.3 Å². The van der Waals surface area contributed by atoms with Crippen LogP contribution in [0.25, 0.3) is 0 Å². The molecule has 1 aliphatic heterocycles. The average molecular weight is 334 g/mol. The van der Waals surface area contributed by atoms with E-state index in [1.165, 1.54) is 17.0 Å². The Kier molecular flexibility index (Phi) is 7.74. The van der Waals surface area contributed by atoms with Gasteiger partial charge in [0.1, 0.15) is 6.04 Å². The summed E-state index contributed by atoms with van der Waals surface area (Å²) in [5, 5.41) is 28.6. The lowest BCUT2D eigenvalue weighted by molar-refractivity contribution is -0.693. The second-order valence-electron chi connectivity index (χ2n) is 4.66. The fourth-order valence-electron chi connectivity index (χ4n) is 1.91. The first-order valence-electron chi connectivity index (χ1n) is 6.76. The maximum absolute atomic E-state index is 12.1. The summed E-state index contributed by atoms with van der Waals surface area (Å²) >= 11 is 1.57. The maximum Gasteiger partial charge on any atom is 0.347 e. The maximum atomic E-state index is 12.1. The molecule has 0 aromatic rings. The monoisotopic (exact) mass is 334 g/mol. The van der Waals surface area contributed by atoms with E-state index in [4.69, 9.17) is 4.84 Å². The molecule has 126 valence electrons. The van der Waals surface area contributed by atoms with Gasteiger partial charge in [0.2, 0.25) is 5.91 Å². The van der Waals surface area contributed by atoms with Gasteiger partial charge in [0.05, 0.1) is 26.2 Å². The van der Waals surface area contributed by atoms with E-state index in [0.717, 1.165) is 0 Å². The quantitative estimate of drug-likeness (QED) is 0.382. The molecular formula is C11H20N5O5S-. The molecule has 0 saturated carbocycles. The summed E-state index contributed by atoms with van der Waals surface area (Å²) < 4.78 is 0. The smallest absolute Gasteiger partial charge is 0.347 e. The molecule has 0 aliphatic carbocycles. The van der Waals surface area contributed by atoms with E-state index < -0.39 is 12.0 Å². The molecule has 0 bridgehead atoms.